The van der Waals surface area contributed by atoms with Crippen molar-refractivity contribution in [1.82, 2.24) is 14.5 Å². The number of hydrogen-bond donors (Lipinski definition) is 0. The Hall–Kier alpha value is -2.47. The fraction of sp³-hybridized carbons (Fsp3) is 0.312. The number of fused-ring (bicyclic) bond motifs is 1. The first kappa shape index (κ1) is 14.5. The number of Topliss-reactive ketones (excluding diaryl/α,β-unsaturated/α-hetero) is 1. The molecule has 22 heavy (non-hydrogen) atoms. The zero-order valence-corrected chi connectivity index (χ0v) is 12.7. The van der Waals surface area contributed by atoms with Gasteiger partial charge in [0.2, 0.25) is 5.78 Å². The van der Waals surface area contributed by atoms with Gasteiger partial charge >= 0.3 is 0 Å². The first-order valence-electron chi connectivity index (χ1n) is 7.11. The molecule has 2 aromatic rings. The molecule has 6 nitrogen and oxygen atoms in total. The van der Waals surface area contributed by atoms with Crippen molar-refractivity contribution in [2.75, 3.05) is 32.2 Å². The van der Waals surface area contributed by atoms with Gasteiger partial charge in [-0.05, 0) is 23.8 Å². The van der Waals surface area contributed by atoms with Gasteiger partial charge in [0.1, 0.15) is 5.82 Å². The predicted octanol–water partition coefficient (Wildman–Crippen LogP) is 1.64. The van der Waals surface area contributed by atoms with Crippen molar-refractivity contribution < 1.29 is 9.53 Å². The molecule has 0 saturated carbocycles. The van der Waals surface area contributed by atoms with Crippen molar-refractivity contribution in [1.29, 1.82) is 0 Å². The highest BCUT2D eigenvalue weighted by Gasteiger charge is 2.25. The van der Waals surface area contributed by atoms with Crippen LogP contribution in [0.4, 0.5) is 5.82 Å². The number of aromatic nitrogens is 3. The second-order valence-electron chi connectivity index (χ2n) is 5.24. The number of anilines is 1. The zero-order valence-electron chi connectivity index (χ0n) is 12.7. The molecule has 1 aliphatic heterocycles. The van der Waals surface area contributed by atoms with E-state index in [1.54, 1.807) is 19.5 Å². The lowest BCUT2D eigenvalue weighted by Gasteiger charge is -2.17. The molecule has 3 heterocycles. The summed E-state index contributed by atoms with van der Waals surface area (Å²) in [6.45, 7) is 2.01. The minimum atomic E-state index is -0.00807. The standard InChI is InChI=1S/C16H18N4O2/c1-19(7-8-22-2)14-4-3-12(10-18-14)9-13-11-20-6-5-17-16(20)15(13)21/h3-6,9-10H,7-8,11H2,1-2H3/b13-9-. The van der Waals surface area contributed by atoms with Crippen LogP contribution < -0.4 is 4.90 Å². The second-order valence-corrected chi connectivity index (χ2v) is 5.24. The highest BCUT2D eigenvalue weighted by Crippen LogP contribution is 2.21. The Kier molecular flexibility index (Phi) is 4.02. The van der Waals surface area contributed by atoms with Gasteiger partial charge in [0.25, 0.3) is 0 Å². The number of allylic oxidation sites excluding steroid dienone is 1. The molecule has 3 rings (SSSR count). The number of methoxy groups -OCH3 is 1. The minimum absolute atomic E-state index is 0.00807. The monoisotopic (exact) mass is 298 g/mol. The van der Waals surface area contributed by atoms with Gasteiger partial charge in [-0.3, -0.25) is 4.79 Å². The van der Waals surface area contributed by atoms with Gasteiger partial charge in [-0.15, -0.1) is 0 Å². The van der Waals surface area contributed by atoms with Crippen LogP contribution in [0.25, 0.3) is 6.08 Å². The number of ether oxygens (including phenoxy) is 1. The summed E-state index contributed by atoms with van der Waals surface area (Å²) in [7, 11) is 3.65. The first-order valence-corrected chi connectivity index (χ1v) is 7.11. The Balaban J connectivity index is 1.73. The summed E-state index contributed by atoms with van der Waals surface area (Å²) in [5, 5.41) is 0. The summed E-state index contributed by atoms with van der Waals surface area (Å²) in [4.78, 5) is 22.7. The number of nitrogens with zero attached hydrogens (tertiary/aromatic N) is 4. The minimum Gasteiger partial charge on any atom is -0.383 e. The van der Waals surface area contributed by atoms with Crippen molar-refractivity contribution >= 4 is 17.7 Å². The largest absolute Gasteiger partial charge is 0.383 e. The molecule has 6 heteroatoms. The number of ketones is 1. The van der Waals surface area contributed by atoms with Crippen LogP contribution in [0.2, 0.25) is 0 Å². The summed E-state index contributed by atoms with van der Waals surface area (Å²) < 4.78 is 6.91. The van der Waals surface area contributed by atoms with Gasteiger partial charge in [-0.2, -0.15) is 0 Å². The second kappa shape index (κ2) is 6.11. The van der Waals surface area contributed by atoms with E-state index < -0.39 is 0 Å². The zero-order chi connectivity index (χ0) is 15.5. The van der Waals surface area contributed by atoms with Gasteiger partial charge in [0.05, 0.1) is 13.2 Å². The summed E-state index contributed by atoms with van der Waals surface area (Å²) in [5.41, 5.74) is 1.66. The molecule has 0 radical (unpaired) electrons. The third kappa shape index (κ3) is 2.78. The Bertz CT molecular complexity index is 703. The van der Waals surface area contributed by atoms with Crippen LogP contribution in [0.1, 0.15) is 16.2 Å². The average Bonchev–Trinajstić information content (AvgIpc) is 3.10. The first-order chi connectivity index (χ1) is 10.7. The maximum atomic E-state index is 12.2. The van der Waals surface area contributed by atoms with E-state index in [1.807, 2.05) is 40.9 Å². The van der Waals surface area contributed by atoms with E-state index in [0.29, 0.717) is 19.0 Å². The molecular formula is C16H18N4O2. The summed E-state index contributed by atoms with van der Waals surface area (Å²) in [6, 6.07) is 3.91. The van der Waals surface area contributed by atoms with Crippen LogP contribution >= 0.6 is 0 Å². The molecule has 114 valence electrons. The van der Waals surface area contributed by atoms with Crippen LogP contribution in [0.3, 0.4) is 0 Å². The van der Waals surface area contributed by atoms with Crippen molar-refractivity contribution in [3.05, 3.63) is 47.7 Å². The lowest BCUT2D eigenvalue weighted by Crippen LogP contribution is -2.22. The third-order valence-electron chi connectivity index (χ3n) is 3.68. The van der Waals surface area contributed by atoms with E-state index in [0.717, 1.165) is 23.5 Å². The van der Waals surface area contributed by atoms with Crippen LogP contribution in [0.5, 0.6) is 0 Å². The van der Waals surface area contributed by atoms with E-state index in [1.165, 1.54) is 0 Å². The van der Waals surface area contributed by atoms with Gasteiger partial charge in [0, 0.05) is 44.9 Å². The Morgan fingerprint density at radius 3 is 2.95 bits per heavy atom. The number of carbonyl (C=O) groups excluding carboxylic acids is 1. The lowest BCUT2D eigenvalue weighted by atomic mass is 10.1. The Labute approximate surface area is 129 Å². The summed E-state index contributed by atoms with van der Waals surface area (Å²) >= 11 is 0. The molecule has 0 amide bonds. The van der Waals surface area contributed by atoms with Gasteiger partial charge in [-0.25, -0.2) is 9.97 Å². The van der Waals surface area contributed by atoms with Gasteiger partial charge < -0.3 is 14.2 Å². The fourth-order valence-electron chi connectivity index (χ4n) is 2.41. The molecule has 0 bridgehead atoms. The number of carbonyl (C=O) groups is 1. The Morgan fingerprint density at radius 2 is 2.27 bits per heavy atom. The van der Waals surface area contributed by atoms with E-state index >= 15 is 0 Å². The third-order valence-corrected chi connectivity index (χ3v) is 3.68. The maximum Gasteiger partial charge on any atom is 0.226 e. The molecule has 0 atom stereocenters. The molecule has 0 aromatic carbocycles. The maximum absolute atomic E-state index is 12.2. The van der Waals surface area contributed by atoms with Crippen LogP contribution in [0, 0.1) is 0 Å². The van der Waals surface area contributed by atoms with E-state index in [-0.39, 0.29) is 5.78 Å². The summed E-state index contributed by atoms with van der Waals surface area (Å²) in [6.07, 6.45) is 7.12. The van der Waals surface area contributed by atoms with Gasteiger partial charge in [0.15, 0.2) is 5.82 Å². The highest BCUT2D eigenvalue weighted by molar-refractivity contribution is 6.11. The van der Waals surface area contributed by atoms with Crippen LogP contribution in [-0.4, -0.2) is 47.6 Å². The lowest BCUT2D eigenvalue weighted by molar-refractivity contribution is 0.103. The molecule has 0 fully saturated rings. The van der Waals surface area contributed by atoms with Crippen molar-refractivity contribution in [3.63, 3.8) is 0 Å². The molecule has 2 aromatic heterocycles. The number of imidazole rings is 1. The molecule has 0 unspecified atom stereocenters. The molecule has 0 spiro atoms. The number of pyridine rings is 1. The predicted molar refractivity (Wildman–Crippen MR) is 83.9 cm³/mol. The fourth-order valence-corrected chi connectivity index (χ4v) is 2.41. The quantitative estimate of drug-likeness (QED) is 0.785. The van der Waals surface area contributed by atoms with Crippen molar-refractivity contribution in [3.8, 4) is 0 Å². The smallest absolute Gasteiger partial charge is 0.226 e. The highest BCUT2D eigenvalue weighted by atomic mass is 16.5. The van der Waals surface area contributed by atoms with Crippen LogP contribution in [-0.2, 0) is 11.3 Å². The van der Waals surface area contributed by atoms with Crippen molar-refractivity contribution in [2.24, 2.45) is 0 Å². The van der Waals surface area contributed by atoms with E-state index in [9.17, 15) is 4.79 Å². The molecular weight excluding hydrogens is 280 g/mol. The van der Waals surface area contributed by atoms with Gasteiger partial charge in [-0.1, -0.05) is 0 Å². The van der Waals surface area contributed by atoms with E-state index in [4.69, 9.17) is 4.74 Å². The average molecular weight is 298 g/mol. The number of rotatable bonds is 5. The molecule has 0 saturated heterocycles. The summed E-state index contributed by atoms with van der Waals surface area (Å²) in [5.74, 6) is 1.38. The number of likely N-dealkylation sites (N-methyl/N-ethyl adjacent to an activating group) is 1. The topological polar surface area (TPSA) is 60.2 Å². The molecule has 0 N–H and O–H groups in total. The van der Waals surface area contributed by atoms with Crippen molar-refractivity contribution in [2.45, 2.75) is 6.54 Å². The molecule has 0 aliphatic carbocycles. The van der Waals surface area contributed by atoms with E-state index in [2.05, 4.69) is 9.97 Å². The SMILES string of the molecule is COCCN(C)c1ccc(/C=C2/Cn3ccnc3C2=O)cn1. The Morgan fingerprint density at radius 1 is 1.41 bits per heavy atom. The van der Waals surface area contributed by atoms with Crippen LogP contribution in [0.15, 0.2) is 36.3 Å². The number of hydrogen-bond acceptors (Lipinski definition) is 5. The normalized spacial score (nSPS) is 15.4. The molecule has 1 aliphatic rings.